The van der Waals surface area contributed by atoms with E-state index in [2.05, 4.69) is 229 Å². The number of para-hydroxylation sites is 2. The smallest absolute Gasteiger partial charge is 0.135 e. The van der Waals surface area contributed by atoms with Crippen LogP contribution in [0.2, 0.25) is 0 Å². The maximum absolute atomic E-state index is 6.28. The van der Waals surface area contributed by atoms with Crippen molar-refractivity contribution in [3.05, 3.63) is 237 Å². The summed E-state index contributed by atoms with van der Waals surface area (Å²) in [4.78, 5) is 2.38. The lowest BCUT2D eigenvalue weighted by Gasteiger charge is -2.28. The topological polar surface area (TPSA) is 16.4 Å². The third-order valence-electron chi connectivity index (χ3n) is 11.7. The summed E-state index contributed by atoms with van der Waals surface area (Å²) in [6.45, 7) is 0. The molecule has 11 rings (SSSR count). The van der Waals surface area contributed by atoms with Crippen LogP contribution in [0.5, 0.6) is 0 Å². The molecule has 0 bridgehead atoms. The highest BCUT2D eigenvalue weighted by atomic mass is 16.3. The van der Waals surface area contributed by atoms with Crippen molar-refractivity contribution >= 4 is 49.8 Å². The average Bonchev–Trinajstić information content (AvgIpc) is 3.70. The Morgan fingerprint density at radius 3 is 1.60 bits per heavy atom. The van der Waals surface area contributed by atoms with Gasteiger partial charge in [-0.05, 0) is 115 Å². The van der Waals surface area contributed by atoms with E-state index in [1.807, 2.05) is 12.1 Å². The zero-order valence-corrected chi connectivity index (χ0v) is 32.9. The van der Waals surface area contributed by atoms with Gasteiger partial charge in [0.15, 0.2) is 0 Å². The van der Waals surface area contributed by atoms with E-state index in [0.29, 0.717) is 0 Å². The lowest BCUT2D eigenvalue weighted by molar-refractivity contribution is 0.669. The Kier molecular flexibility index (Phi) is 8.87. The molecule has 11 aromatic rings. The maximum atomic E-state index is 6.28. The fourth-order valence-electron chi connectivity index (χ4n) is 8.67. The van der Waals surface area contributed by atoms with Crippen molar-refractivity contribution in [1.29, 1.82) is 0 Å². The molecule has 282 valence electrons. The molecule has 0 aliphatic carbocycles. The highest BCUT2D eigenvalue weighted by Crippen LogP contribution is 2.45. The minimum atomic E-state index is 0.877. The van der Waals surface area contributed by atoms with Gasteiger partial charge in [0, 0.05) is 27.7 Å². The standard InChI is InChI=1S/C58H39NO/c1-2-14-44(15-3-1)51-19-6-7-20-52(51)53-21-8-10-23-56(53)59(50-35-36-58-55(39-50)54-22-9-11-24-57(54)60-58)49-33-31-42(32-34-49)41-25-27-43(28-26-41)46-17-12-18-47(37-46)48-30-29-40-13-4-5-16-45(40)38-48/h1-39H. The van der Waals surface area contributed by atoms with Crippen LogP contribution in [0.1, 0.15) is 0 Å². The predicted octanol–water partition coefficient (Wildman–Crippen LogP) is 16.5. The van der Waals surface area contributed by atoms with E-state index in [4.69, 9.17) is 4.42 Å². The molecule has 0 saturated heterocycles. The molecule has 1 aromatic heterocycles. The first-order valence-corrected chi connectivity index (χ1v) is 20.5. The van der Waals surface area contributed by atoms with Crippen molar-refractivity contribution in [2.24, 2.45) is 0 Å². The predicted molar refractivity (Wildman–Crippen MR) is 253 cm³/mol. The molecule has 2 heteroatoms. The van der Waals surface area contributed by atoms with Crippen LogP contribution in [-0.4, -0.2) is 0 Å². The van der Waals surface area contributed by atoms with Crippen molar-refractivity contribution in [1.82, 2.24) is 0 Å². The van der Waals surface area contributed by atoms with Crippen LogP contribution in [0.15, 0.2) is 241 Å². The summed E-state index contributed by atoms with van der Waals surface area (Å²) in [6, 6.07) is 84.9. The van der Waals surface area contributed by atoms with E-state index in [1.54, 1.807) is 0 Å². The van der Waals surface area contributed by atoms with E-state index in [1.165, 1.54) is 55.3 Å². The van der Waals surface area contributed by atoms with Gasteiger partial charge in [0.2, 0.25) is 0 Å². The van der Waals surface area contributed by atoms with Gasteiger partial charge >= 0.3 is 0 Å². The first kappa shape index (κ1) is 35.2. The molecular weight excluding hydrogens is 727 g/mol. The third kappa shape index (κ3) is 6.51. The number of benzene rings is 10. The Morgan fingerprint density at radius 1 is 0.267 bits per heavy atom. The largest absolute Gasteiger partial charge is 0.456 e. The van der Waals surface area contributed by atoms with Crippen molar-refractivity contribution in [3.8, 4) is 55.6 Å². The molecule has 0 atom stereocenters. The second-order valence-electron chi connectivity index (χ2n) is 15.3. The summed E-state index contributed by atoms with van der Waals surface area (Å²) in [6.07, 6.45) is 0. The minimum absolute atomic E-state index is 0.877. The second-order valence-corrected chi connectivity index (χ2v) is 15.3. The summed E-state index contributed by atoms with van der Waals surface area (Å²) >= 11 is 0. The average molecular weight is 766 g/mol. The molecule has 0 spiro atoms. The first-order valence-electron chi connectivity index (χ1n) is 20.5. The Morgan fingerprint density at radius 2 is 0.800 bits per heavy atom. The van der Waals surface area contributed by atoms with Gasteiger partial charge in [-0.25, -0.2) is 0 Å². The van der Waals surface area contributed by atoms with Crippen LogP contribution in [0.25, 0.3) is 88.3 Å². The zero-order chi connectivity index (χ0) is 39.8. The molecule has 2 nitrogen and oxygen atoms in total. The van der Waals surface area contributed by atoms with Crippen molar-refractivity contribution in [3.63, 3.8) is 0 Å². The fraction of sp³-hybridized carbons (Fsp3) is 0. The summed E-state index contributed by atoms with van der Waals surface area (Å²) in [5.41, 5.74) is 16.9. The minimum Gasteiger partial charge on any atom is -0.456 e. The van der Waals surface area contributed by atoms with E-state index >= 15 is 0 Å². The molecule has 10 aromatic carbocycles. The van der Waals surface area contributed by atoms with E-state index < -0.39 is 0 Å². The number of nitrogens with zero attached hydrogens (tertiary/aromatic N) is 1. The number of furan rings is 1. The van der Waals surface area contributed by atoms with Gasteiger partial charge in [-0.3, -0.25) is 0 Å². The lowest BCUT2D eigenvalue weighted by Crippen LogP contribution is -2.11. The van der Waals surface area contributed by atoms with Crippen LogP contribution >= 0.6 is 0 Å². The fourth-order valence-corrected chi connectivity index (χ4v) is 8.67. The molecule has 0 N–H and O–H groups in total. The van der Waals surface area contributed by atoms with E-state index in [-0.39, 0.29) is 0 Å². The Hall–Kier alpha value is -7.94. The molecule has 0 aliphatic heterocycles. The summed E-state index contributed by atoms with van der Waals surface area (Å²) < 4.78 is 6.28. The van der Waals surface area contributed by atoms with Crippen LogP contribution < -0.4 is 4.90 Å². The highest BCUT2D eigenvalue weighted by Gasteiger charge is 2.20. The third-order valence-corrected chi connectivity index (χ3v) is 11.7. The normalized spacial score (nSPS) is 11.3. The van der Waals surface area contributed by atoms with Crippen molar-refractivity contribution in [2.45, 2.75) is 0 Å². The van der Waals surface area contributed by atoms with Gasteiger partial charge in [0.25, 0.3) is 0 Å². The molecular formula is C58H39NO. The van der Waals surface area contributed by atoms with Gasteiger partial charge in [-0.2, -0.15) is 0 Å². The Labute approximate surface area is 349 Å². The van der Waals surface area contributed by atoms with Crippen LogP contribution in [-0.2, 0) is 0 Å². The summed E-state index contributed by atoms with van der Waals surface area (Å²) in [5, 5.41) is 4.71. The van der Waals surface area contributed by atoms with Gasteiger partial charge < -0.3 is 9.32 Å². The molecule has 0 fully saturated rings. The van der Waals surface area contributed by atoms with E-state index in [9.17, 15) is 0 Å². The van der Waals surface area contributed by atoms with Gasteiger partial charge in [0.05, 0.1) is 5.69 Å². The summed E-state index contributed by atoms with van der Waals surface area (Å²) in [5.74, 6) is 0. The second kappa shape index (κ2) is 15.1. The number of anilines is 3. The van der Waals surface area contributed by atoms with Crippen LogP contribution in [0.4, 0.5) is 17.1 Å². The lowest BCUT2D eigenvalue weighted by atomic mass is 9.93. The molecule has 0 aliphatic rings. The highest BCUT2D eigenvalue weighted by molar-refractivity contribution is 6.07. The van der Waals surface area contributed by atoms with E-state index in [0.717, 1.165) is 50.1 Å². The first-order chi connectivity index (χ1) is 29.7. The molecule has 60 heavy (non-hydrogen) atoms. The van der Waals surface area contributed by atoms with Crippen molar-refractivity contribution in [2.75, 3.05) is 4.90 Å². The number of hydrogen-bond acceptors (Lipinski definition) is 2. The summed E-state index contributed by atoms with van der Waals surface area (Å²) in [7, 11) is 0. The molecule has 0 radical (unpaired) electrons. The van der Waals surface area contributed by atoms with Gasteiger partial charge in [0.1, 0.15) is 11.2 Å². The quantitative estimate of drug-likeness (QED) is 0.153. The maximum Gasteiger partial charge on any atom is 0.135 e. The number of rotatable bonds is 8. The monoisotopic (exact) mass is 765 g/mol. The molecule has 0 unspecified atom stereocenters. The molecule has 1 heterocycles. The van der Waals surface area contributed by atoms with Crippen molar-refractivity contribution < 1.29 is 4.42 Å². The zero-order valence-electron chi connectivity index (χ0n) is 32.9. The Bertz CT molecular complexity index is 3310. The number of fused-ring (bicyclic) bond motifs is 4. The Balaban J connectivity index is 0.969. The number of hydrogen-bond donors (Lipinski definition) is 0. The molecule has 0 amide bonds. The SMILES string of the molecule is c1ccc(-c2ccccc2-c2ccccc2N(c2ccc(-c3ccc(-c4cccc(-c5ccc6ccccc6c5)c4)cc3)cc2)c2ccc3oc4ccccc4c3c2)cc1. The van der Waals surface area contributed by atoms with Crippen LogP contribution in [0, 0.1) is 0 Å². The molecule has 0 saturated carbocycles. The van der Waals surface area contributed by atoms with Gasteiger partial charge in [-0.1, -0.05) is 182 Å². The van der Waals surface area contributed by atoms with Crippen LogP contribution in [0.3, 0.4) is 0 Å². The van der Waals surface area contributed by atoms with Gasteiger partial charge in [-0.15, -0.1) is 0 Å².